The van der Waals surface area contributed by atoms with Crippen LogP contribution in [0.15, 0.2) is 88.4 Å². The van der Waals surface area contributed by atoms with Crippen molar-refractivity contribution >= 4 is 15.7 Å². The van der Waals surface area contributed by atoms with Gasteiger partial charge in [-0.15, -0.1) is 0 Å². The molecular formula is C24H21FN2O5S. The van der Waals surface area contributed by atoms with Crippen LogP contribution < -0.4 is 13.8 Å². The van der Waals surface area contributed by atoms with Gasteiger partial charge in [-0.3, -0.25) is 4.31 Å². The molecule has 0 aliphatic carbocycles. The highest BCUT2D eigenvalue weighted by atomic mass is 32.2. The molecular weight excluding hydrogens is 447 g/mol. The Hall–Kier alpha value is -3.85. The summed E-state index contributed by atoms with van der Waals surface area (Å²) in [5, 5.41) is 0. The van der Waals surface area contributed by atoms with Crippen LogP contribution in [0.2, 0.25) is 0 Å². The number of anilines is 1. The van der Waals surface area contributed by atoms with Crippen LogP contribution in [0.4, 0.5) is 10.1 Å². The highest BCUT2D eigenvalue weighted by Gasteiger charge is 2.28. The molecule has 9 heteroatoms. The maximum Gasteiger partial charge on any atom is 0.264 e. The molecule has 0 aliphatic heterocycles. The maximum atomic E-state index is 13.5. The number of ether oxygens (including phenoxy) is 2. The van der Waals surface area contributed by atoms with Crippen molar-refractivity contribution in [3.05, 3.63) is 90.6 Å². The van der Waals surface area contributed by atoms with Gasteiger partial charge in [-0.2, -0.15) is 0 Å². The van der Waals surface area contributed by atoms with Crippen LogP contribution in [0.3, 0.4) is 0 Å². The number of hydrogen-bond acceptors (Lipinski definition) is 6. The van der Waals surface area contributed by atoms with Crippen LogP contribution in [0, 0.1) is 5.82 Å². The SMILES string of the molecule is COc1ccc(-c2nc(CN(c3ccccc3OC)S(=O)(=O)c3ccc(F)cc3)co2)cc1. The van der Waals surface area contributed by atoms with Gasteiger partial charge in [-0.1, -0.05) is 12.1 Å². The summed E-state index contributed by atoms with van der Waals surface area (Å²) in [4.78, 5) is 4.40. The van der Waals surface area contributed by atoms with Crippen LogP contribution in [-0.2, 0) is 16.6 Å². The minimum atomic E-state index is -4.08. The van der Waals surface area contributed by atoms with Crippen LogP contribution >= 0.6 is 0 Å². The Morgan fingerprint density at radius 2 is 1.64 bits per heavy atom. The molecule has 0 spiro atoms. The maximum absolute atomic E-state index is 13.5. The van der Waals surface area contributed by atoms with Crippen molar-refractivity contribution in [2.45, 2.75) is 11.4 Å². The fourth-order valence-corrected chi connectivity index (χ4v) is 4.71. The molecule has 0 saturated carbocycles. The molecule has 0 radical (unpaired) electrons. The minimum absolute atomic E-state index is 0.0614. The summed E-state index contributed by atoms with van der Waals surface area (Å²) in [7, 11) is -1.04. The lowest BCUT2D eigenvalue weighted by Crippen LogP contribution is -2.31. The average Bonchev–Trinajstić information content (AvgIpc) is 3.31. The molecule has 0 bridgehead atoms. The number of nitrogens with zero attached hydrogens (tertiary/aromatic N) is 2. The Morgan fingerprint density at radius 1 is 0.939 bits per heavy atom. The number of rotatable bonds is 8. The van der Waals surface area contributed by atoms with Gasteiger partial charge in [0, 0.05) is 5.56 Å². The molecule has 33 heavy (non-hydrogen) atoms. The van der Waals surface area contributed by atoms with Gasteiger partial charge in [0.15, 0.2) is 0 Å². The first kappa shape index (κ1) is 22.3. The summed E-state index contributed by atoms with van der Waals surface area (Å²) in [6, 6.07) is 18.5. The summed E-state index contributed by atoms with van der Waals surface area (Å²) in [6.07, 6.45) is 1.40. The van der Waals surface area contributed by atoms with Gasteiger partial charge in [-0.25, -0.2) is 17.8 Å². The highest BCUT2D eigenvalue weighted by molar-refractivity contribution is 7.92. The Labute approximate surface area is 191 Å². The van der Waals surface area contributed by atoms with E-state index in [0.717, 1.165) is 16.4 Å². The van der Waals surface area contributed by atoms with Crippen molar-refractivity contribution in [1.29, 1.82) is 0 Å². The molecule has 0 aliphatic rings. The predicted octanol–water partition coefficient (Wildman–Crippen LogP) is 4.89. The van der Waals surface area contributed by atoms with Crippen molar-refractivity contribution in [3.63, 3.8) is 0 Å². The van der Waals surface area contributed by atoms with E-state index in [1.807, 2.05) is 0 Å². The molecule has 0 fully saturated rings. The summed E-state index contributed by atoms with van der Waals surface area (Å²) < 4.78 is 57.8. The normalized spacial score (nSPS) is 11.2. The van der Waals surface area contributed by atoms with E-state index in [0.29, 0.717) is 34.3 Å². The lowest BCUT2D eigenvalue weighted by molar-refractivity contribution is 0.415. The first-order chi connectivity index (χ1) is 15.9. The number of halogens is 1. The number of aromatic nitrogens is 1. The second kappa shape index (κ2) is 9.33. The number of hydrogen-bond donors (Lipinski definition) is 0. The van der Waals surface area contributed by atoms with Crippen molar-refractivity contribution in [2.24, 2.45) is 0 Å². The van der Waals surface area contributed by atoms with Gasteiger partial charge in [0.1, 0.15) is 29.3 Å². The third kappa shape index (κ3) is 4.68. The summed E-state index contributed by atoms with van der Waals surface area (Å²) in [6.45, 7) is -0.125. The van der Waals surface area contributed by atoms with Crippen molar-refractivity contribution in [3.8, 4) is 23.0 Å². The third-order valence-corrected chi connectivity index (χ3v) is 6.72. The van der Waals surface area contributed by atoms with E-state index >= 15 is 0 Å². The van der Waals surface area contributed by atoms with Crippen molar-refractivity contribution < 1.29 is 26.7 Å². The Morgan fingerprint density at radius 3 is 2.30 bits per heavy atom. The van der Waals surface area contributed by atoms with Crippen molar-refractivity contribution in [2.75, 3.05) is 18.5 Å². The second-order valence-electron chi connectivity index (χ2n) is 7.01. The summed E-state index contributed by atoms with van der Waals surface area (Å²) >= 11 is 0. The number of methoxy groups -OCH3 is 2. The third-order valence-electron chi connectivity index (χ3n) is 4.95. The molecule has 0 N–H and O–H groups in total. The number of benzene rings is 3. The van der Waals surface area contributed by atoms with Gasteiger partial charge in [0.05, 0.1) is 31.3 Å². The fourth-order valence-electron chi connectivity index (χ4n) is 3.26. The predicted molar refractivity (Wildman–Crippen MR) is 121 cm³/mol. The van der Waals surface area contributed by atoms with Crippen LogP contribution in [0.1, 0.15) is 5.69 Å². The molecule has 7 nitrogen and oxygen atoms in total. The van der Waals surface area contributed by atoms with Gasteiger partial charge >= 0.3 is 0 Å². The van der Waals surface area contributed by atoms with E-state index in [-0.39, 0.29) is 11.4 Å². The van der Waals surface area contributed by atoms with E-state index in [1.54, 1.807) is 55.6 Å². The molecule has 4 aromatic rings. The van der Waals surface area contributed by atoms with Crippen LogP contribution in [-0.4, -0.2) is 27.6 Å². The molecule has 1 aromatic heterocycles. The molecule has 170 valence electrons. The Kier molecular flexibility index (Phi) is 6.32. The van der Waals surface area contributed by atoms with Crippen LogP contribution in [0.25, 0.3) is 11.5 Å². The molecule has 0 unspecified atom stereocenters. The quantitative estimate of drug-likeness (QED) is 0.366. The molecule has 0 saturated heterocycles. The van der Waals surface area contributed by atoms with E-state index in [2.05, 4.69) is 4.98 Å². The largest absolute Gasteiger partial charge is 0.497 e. The monoisotopic (exact) mass is 468 g/mol. The van der Waals surface area contributed by atoms with E-state index in [9.17, 15) is 12.8 Å². The second-order valence-corrected chi connectivity index (χ2v) is 8.87. The summed E-state index contributed by atoms with van der Waals surface area (Å²) in [5.41, 5.74) is 1.42. The van der Waals surface area contributed by atoms with E-state index < -0.39 is 15.8 Å². The molecule has 0 atom stereocenters. The first-order valence-corrected chi connectivity index (χ1v) is 11.4. The number of para-hydroxylation sites is 2. The Bertz CT molecular complexity index is 1340. The molecule has 4 rings (SSSR count). The number of oxazole rings is 1. The van der Waals surface area contributed by atoms with Crippen molar-refractivity contribution in [1.82, 2.24) is 4.98 Å². The first-order valence-electron chi connectivity index (χ1n) is 9.92. The van der Waals surface area contributed by atoms with Gasteiger partial charge in [0.25, 0.3) is 10.0 Å². The molecule has 0 amide bonds. The smallest absolute Gasteiger partial charge is 0.264 e. The van der Waals surface area contributed by atoms with E-state index in [4.69, 9.17) is 13.9 Å². The topological polar surface area (TPSA) is 81.9 Å². The van der Waals surface area contributed by atoms with E-state index in [1.165, 1.54) is 25.5 Å². The van der Waals surface area contributed by atoms with Gasteiger partial charge in [-0.05, 0) is 60.7 Å². The molecule has 3 aromatic carbocycles. The Balaban J connectivity index is 1.73. The summed E-state index contributed by atoms with van der Waals surface area (Å²) in [5.74, 6) is 0.866. The molecule has 1 heterocycles. The van der Waals surface area contributed by atoms with Crippen LogP contribution in [0.5, 0.6) is 11.5 Å². The minimum Gasteiger partial charge on any atom is -0.497 e. The standard InChI is InChI=1S/C24H21FN2O5S/c1-30-20-11-7-17(8-12-20)24-26-19(16-32-24)15-27(22-5-3-4-6-23(22)31-2)33(28,29)21-13-9-18(25)10-14-21/h3-14,16H,15H2,1-2H3. The lowest BCUT2D eigenvalue weighted by atomic mass is 10.2. The lowest BCUT2D eigenvalue weighted by Gasteiger charge is -2.25. The van der Waals surface area contributed by atoms with Gasteiger partial charge < -0.3 is 13.9 Å². The zero-order valence-corrected chi connectivity index (χ0v) is 18.8. The average molecular weight is 469 g/mol. The fraction of sp³-hybridized carbons (Fsp3) is 0.125. The number of sulfonamides is 1. The highest BCUT2D eigenvalue weighted by Crippen LogP contribution is 2.34. The zero-order chi connectivity index (χ0) is 23.4. The zero-order valence-electron chi connectivity index (χ0n) is 17.9. The van der Waals surface area contributed by atoms with Gasteiger partial charge in [0.2, 0.25) is 5.89 Å².